The summed E-state index contributed by atoms with van der Waals surface area (Å²) in [6, 6.07) is 4.54. The highest BCUT2D eigenvalue weighted by Crippen LogP contribution is 2.27. The van der Waals surface area contributed by atoms with Gasteiger partial charge >= 0.3 is 6.03 Å². The smallest absolute Gasteiger partial charge is 0.322 e. The van der Waals surface area contributed by atoms with Gasteiger partial charge in [-0.2, -0.15) is 0 Å². The largest absolute Gasteiger partial charge is 0.496 e. The Labute approximate surface area is 150 Å². The number of carbonyl (C=O) groups excluding carboxylic acids is 4. The summed E-state index contributed by atoms with van der Waals surface area (Å²) >= 11 is 0. The summed E-state index contributed by atoms with van der Waals surface area (Å²) in [4.78, 5) is 49.3. The van der Waals surface area contributed by atoms with Crippen LogP contribution >= 0.6 is 0 Å². The van der Waals surface area contributed by atoms with Gasteiger partial charge in [0.1, 0.15) is 11.3 Å². The number of hydrogen-bond donors (Lipinski definition) is 2. The fraction of sp³-hybridized carbons (Fsp3) is 0.444. The predicted molar refractivity (Wildman–Crippen MR) is 91.9 cm³/mol. The van der Waals surface area contributed by atoms with Crippen LogP contribution in [0, 0.1) is 0 Å². The molecule has 1 spiro atoms. The Morgan fingerprint density at radius 3 is 2.46 bits per heavy atom. The van der Waals surface area contributed by atoms with Gasteiger partial charge in [0.2, 0.25) is 5.91 Å². The molecule has 2 saturated heterocycles. The van der Waals surface area contributed by atoms with Gasteiger partial charge in [0.25, 0.3) is 5.91 Å². The van der Waals surface area contributed by atoms with Crippen molar-refractivity contribution in [2.45, 2.75) is 31.7 Å². The highest BCUT2D eigenvalue weighted by Gasteiger charge is 2.48. The zero-order valence-corrected chi connectivity index (χ0v) is 14.8. The van der Waals surface area contributed by atoms with E-state index < -0.39 is 11.6 Å². The average molecular weight is 359 g/mol. The minimum Gasteiger partial charge on any atom is -0.496 e. The summed E-state index contributed by atoms with van der Waals surface area (Å²) in [6.45, 7) is 2.22. The Kier molecular flexibility index (Phi) is 4.67. The van der Waals surface area contributed by atoms with Crippen LogP contribution < -0.4 is 15.4 Å². The van der Waals surface area contributed by atoms with E-state index in [1.807, 2.05) is 0 Å². The van der Waals surface area contributed by atoms with Gasteiger partial charge in [-0.15, -0.1) is 0 Å². The molecule has 0 radical (unpaired) electrons. The second kappa shape index (κ2) is 6.78. The summed E-state index contributed by atoms with van der Waals surface area (Å²) < 4.78 is 5.29. The zero-order chi connectivity index (χ0) is 18.9. The first-order chi connectivity index (χ1) is 12.3. The zero-order valence-electron chi connectivity index (χ0n) is 14.8. The van der Waals surface area contributed by atoms with Crippen molar-refractivity contribution in [1.29, 1.82) is 0 Å². The lowest BCUT2D eigenvalue weighted by atomic mass is 9.87. The molecule has 0 atom stereocenters. The molecule has 8 heteroatoms. The van der Waals surface area contributed by atoms with E-state index in [0.29, 0.717) is 42.8 Å². The van der Waals surface area contributed by atoms with E-state index in [2.05, 4.69) is 10.6 Å². The van der Waals surface area contributed by atoms with Crippen LogP contribution in [0.25, 0.3) is 0 Å². The van der Waals surface area contributed by atoms with E-state index in [1.165, 1.54) is 14.0 Å². The third-order valence-corrected chi connectivity index (χ3v) is 5.01. The molecule has 3 rings (SSSR count). The van der Waals surface area contributed by atoms with E-state index in [1.54, 1.807) is 23.1 Å². The second-order valence-corrected chi connectivity index (χ2v) is 6.63. The van der Waals surface area contributed by atoms with Crippen molar-refractivity contribution in [3.8, 4) is 5.75 Å². The number of hydrogen-bond acceptors (Lipinski definition) is 5. The molecular formula is C18H21N3O5. The number of urea groups is 1. The monoisotopic (exact) mass is 359 g/mol. The lowest BCUT2D eigenvalue weighted by Gasteiger charge is -2.37. The van der Waals surface area contributed by atoms with Gasteiger partial charge in [-0.1, -0.05) is 0 Å². The summed E-state index contributed by atoms with van der Waals surface area (Å²) in [5.74, 6) is 0.0394. The van der Waals surface area contributed by atoms with Crippen molar-refractivity contribution >= 4 is 23.6 Å². The molecule has 4 amide bonds. The van der Waals surface area contributed by atoms with Gasteiger partial charge < -0.3 is 15.0 Å². The van der Waals surface area contributed by atoms with Crippen LogP contribution in [-0.4, -0.2) is 54.3 Å². The highest BCUT2D eigenvalue weighted by molar-refractivity contribution is 6.07. The highest BCUT2D eigenvalue weighted by atomic mass is 16.5. The number of methoxy groups -OCH3 is 1. The molecule has 2 heterocycles. The Bertz CT molecular complexity index is 781. The third-order valence-electron chi connectivity index (χ3n) is 5.01. The van der Waals surface area contributed by atoms with Crippen molar-refractivity contribution in [2.24, 2.45) is 0 Å². The summed E-state index contributed by atoms with van der Waals surface area (Å²) in [6.07, 6.45) is 0.859. The lowest BCUT2D eigenvalue weighted by Crippen LogP contribution is -2.55. The molecule has 1 aromatic carbocycles. The van der Waals surface area contributed by atoms with E-state index in [9.17, 15) is 19.2 Å². The van der Waals surface area contributed by atoms with Crippen LogP contribution in [0.5, 0.6) is 5.75 Å². The van der Waals surface area contributed by atoms with Crippen LogP contribution in [0.3, 0.4) is 0 Å². The minimum atomic E-state index is -0.903. The summed E-state index contributed by atoms with van der Waals surface area (Å²) in [5, 5.41) is 4.92. The number of nitrogens with zero attached hydrogens (tertiary/aromatic N) is 1. The number of benzene rings is 1. The molecule has 0 bridgehead atoms. The molecule has 2 fully saturated rings. The molecule has 2 N–H and O–H groups in total. The number of ether oxygens (including phenoxy) is 1. The Morgan fingerprint density at radius 2 is 1.92 bits per heavy atom. The molecule has 0 aromatic heterocycles. The van der Waals surface area contributed by atoms with E-state index in [4.69, 9.17) is 4.74 Å². The maximum Gasteiger partial charge on any atom is 0.322 e. The quantitative estimate of drug-likeness (QED) is 0.606. The van der Waals surface area contributed by atoms with Crippen LogP contribution in [0.4, 0.5) is 4.79 Å². The van der Waals surface area contributed by atoms with Gasteiger partial charge in [-0.25, -0.2) is 4.79 Å². The number of ketones is 1. The first kappa shape index (κ1) is 17.9. The van der Waals surface area contributed by atoms with Crippen LogP contribution in [0.2, 0.25) is 0 Å². The van der Waals surface area contributed by atoms with E-state index >= 15 is 0 Å². The maximum absolute atomic E-state index is 12.7. The van der Waals surface area contributed by atoms with Gasteiger partial charge in [0.15, 0.2) is 5.78 Å². The molecular weight excluding hydrogens is 338 g/mol. The number of amides is 4. The van der Waals surface area contributed by atoms with Crippen molar-refractivity contribution < 1.29 is 23.9 Å². The molecule has 8 nitrogen and oxygen atoms in total. The first-order valence-electron chi connectivity index (χ1n) is 8.44. The molecule has 0 unspecified atom stereocenters. The van der Waals surface area contributed by atoms with Gasteiger partial charge in [0.05, 0.1) is 13.5 Å². The SMILES string of the molecule is COc1ccc(C(C)=O)cc1CC(=O)N1CCC2(CC1)NC(=O)NC2=O. The van der Waals surface area contributed by atoms with E-state index in [0.717, 1.165) is 0 Å². The van der Waals surface area contributed by atoms with Gasteiger partial charge in [-0.3, -0.25) is 19.7 Å². The predicted octanol–water partition coefficient (Wildman–Crippen LogP) is 0.641. The molecule has 2 aliphatic rings. The van der Waals surface area contributed by atoms with Gasteiger partial charge in [0, 0.05) is 24.2 Å². The maximum atomic E-state index is 12.7. The van der Waals surface area contributed by atoms with E-state index in [-0.39, 0.29) is 24.0 Å². The van der Waals surface area contributed by atoms with Crippen molar-refractivity contribution in [1.82, 2.24) is 15.5 Å². The van der Waals surface area contributed by atoms with Crippen molar-refractivity contribution in [3.63, 3.8) is 0 Å². The number of carbonyl (C=O) groups is 4. The topological polar surface area (TPSA) is 105 Å². The van der Waals surface area contributed by atoms with Gasteiger partial charge in [-0.05, 0) is 38.0 Å². The molecule has 2 aliphatic heterocycles. The summed E-state index contributed by atoms with van der Waals surface area (Å²) in [7, 11) is 1.52. The molecule has 26 heavy (non-hydrogen) atoms. The molecule has 0 saturated carbocycles. The lowest BCUT2D eigenvalue weighted by molar-refractivity contribution is -0.135. The number of rotatable bonds is 4. The Hall–Kier alpha value is -2.90. The third kappa shape index (κ3) is 3.26. The Balaban J connectivity index is 1.68. The standard InChI is InChI=1S/C18H21N3O5/c1-11(22)12-3-4-14(26-2)13(9-12)10-15(23)21-7-5-18(6-8-21)16(24)19-17(25)20-18/h3-4,9H,5-8,10H2,1-2H3,(H2,19,20,24,25). The van der Waals surface area contributed by atoms with Crippen LogP contribution in [0.1, 0.15) is 35.7 Å². The molecule has 138 valence electrons. The number of likely N-dealkylation sites (tertiary alicyclic amines) is 1. The number of imide groups is 1. The van der Waals surface area contributed by atoms with Crippen LogP contribution in [-0.2, 0) is 16.0 Å². The average Bonchev–Trinajstić information content (AvgIpc) is 2.88. The number of nitrogens with one attached hydrogen (secondary N) is 2. The molecule has 0 aliphatic carbocycles. The normalized spacial score (nSPS) is 18.5. The van der Waals surface area contributed by atoms with Crippen molar-refractivity contribution in [2.75, 3.05) is 20.2 Å². The number of Topliss-reactive ketones (excluding diaryl/α,β-unsaturated/α-hetero) is 1. The molecule has 1 aromatic rings. The second-order valence-electron chi connectivity index (χ2n) is 6.63. The fourth-order valence-electron chi connectivity index (χ4n) is 3.43. The van der Waals surface area contributed by atoms with Crippen molar-refractivity contribution in [3.05, 3.63) is 29.3 Å². The minimum absolute atomic E-state index is 0.0794. The number of piperidine rings is 1. The Morgan fingerprint density at radius 1 is 1.23 bits per heavy atom. The first-order valence-corrected chi connectivity index (χ1v) is 8.44. The fourth-order valence-corrected chi connectivity index (χ4v) is 3.43. The van der Waals surface area contributed by atoms with Crippen LogP contribution in [0.15, 0.2) is 18.2 Å². The summed E-state index contributed by atoms with van der Waals surface area (Å²) in [5.41, 5.74) is 0.272.